The number of hydrogen-bond acceptors (Lipinski definition) is 3. The van der Waals surface area contributed by atoms with E-state index in [1.54, 1.807) is 6.07 Å². The maximum atomic E-state index is 9.10. The van der Waals surface area contributed by atoms with Crippen molar-refractivity contribution in [3.63, 3.8) is 0 Å². The molecule has 0 bridgehead atoms. The molecule has 1 heterocycles. The van der Waals surface area contributed by atoms with Gasteiger partial charge in [0.05, 0.1) is 6.61 Å². The van der Waals surface area contributed by atoms with Crippen LogP contribution in [0.5, 0.6) is 11.6 Å². The fraction of sp³-hybridized carbons (Fsp3) is 0.267. The number of pyridine rings is 1. The molecule has 0 radical (unpaired) electrons. The van der Waals surface area contributed by atoms with Crippen molar-refractivity contribution in [1.29, 1.82) is 0 Å². The van der Waals surface area contributed by atoms with Gasteiger partial charge < -0.3 is 9.84 Å². The number of rotatable bonds is 3. The fourth-order valence-corrected chi connectivity index (χ4v) is 1.74. The molecule has 0 aliphatic rings. The van der Waals surface area contributed by atoms with E-state index in [4.69, 9.17) is 9.84 Å². The minimum Gasteiger partial charge on any atom is -0.439 e. The molecule has 0 aliphatic heterocycles. The van der Waals surface area contributed by atoms with E-state index >= 15 is 0 Å². The van der Waals surface area contributed by atoms with Crippen LogP contribution in [-0.4, -0.2) is 10.1 Å². The molecule has 1 aromatic heterocycles. The van der Waals surface area contributed by atoms with Crippen LogP contribution in [0.15, 0.2) is 30.3 Å². The quantitative estimate of drug-likeness (QED) is 0.899. The van der Waals surface area contributed by atoms with Gasteiger partial charge in [-0.3, -0.25) is 0 Å². The van der Waals surface area contributed by atoms with Gasteiger partial charge in [-0.2, -0.15) is 0 Å². The van der Waals surface area contributed by atoms with Gasteiger partial charge in [0.25, 0.3) is 0 Å². The minimum absolute atomic E-state index is 0.00257. The summed E-state index contributed by atoms with van der Waals surface area (Å²) in [5.74, 6) is 1.37. The number of hydrogen-bond donors (Lipinski definition) is 1. The fourth-order valence-electron chi connectivity index (χ4n) is 1.74. The Morgan fingerprint density at radius 3 is 2.56 bits per heavy atom. The van der Waals surface area contributed by atoms with Crippen LogP contribution in [0, 0.1) is 20.8 Å². The van der Waals surface area contributed by atoms with E-state index in [2.05, 4.69) is 18.0 Å². The van der Waals surface area contributed by atoms with Crippen LogP contribution in [0.2, 0.25) is 0 Å². The molecule has 0 spiro atoms. The molecule has 0 amide bonds. The number of aryl methyl sites for hydroxylation is 2. The second kappa shape index (κ2) is 5.19. The Morgan fingerprint density at radius 2 is 1.89 bits per heavy atom. The lowest BCUT2D eigenvalue weighted by Gasteiger charge is -2.11. The summed E-state index contributed by atoms with van der Waals surface area (Å²) >= 11 is 0. The third-order valence-electron chi connectivity index (χ3n) is 3.11. The van der Waals surface area contributed by atoms with Crippen LogP contribution in [0.3, 0.4) is 0 Å². The molecule has 0 unspecified atom stereocenters. The molecule has 3 heteroatoms. The van der Waals surface area contributed by atoms with Crippen LogP contribution in [-0.2, 0) is 6.61 Å². The summed E-state index contributed by atoms with van der Waals surface area (Å²) in [5, 5.41) is 9.10. The third kappa shape index (κ3) is 2.51. The summed E-state index contributed by atoms with van der Waals surface area (Å²) in [6.07, 6.45) is 0. The SMILES string of the molecule is Cc1cccc(Oc2ccc(CO)c(C)n2)c1C. The predicted octanol–water partition coefficient (Wildman–Crippen LogP) is 3.29. The topological polar surface area (TPSA) is 42.4 Å². The summed E-state index contributed by atoms with van der Waals surface area (Å²) in [4.78, 5) is 4.33. The Labute approximate surface area is 107 Å². The summed E-state index contributed by atoms with van der Waals surface area (Å²) in [6.45, 7) is 5.94. The Kier molecular flexibility index (Phi) is 3.63. The largest absolute Gasteiger partial charge is 0.439 e. The van der Waals surface area contributed by atoms with Crippen molar-refractivity contribution >= 4 is 0 Å². The van der Waals surface area contributed by atoms with Gasteiger partial charge in [-0.15, -0.1) is 0 Å². The van der Waals surface area contributed by atoms with Gasteiger partial charge in [-0.05, 0) is 49.6 Å². The maximum absolute atomic E-state index is 9.10. The van der Waals surface area contributed by atoms with E-state index in [9.17, 15) is 0 Å². The minimum atomic E-state index is 0.00257. The Balaban J connectivity index is 2.29. The number of benzene rings is 1. The molecule has 1 N–H and O–H groups in total. The Bertz CT molecular complexity index is 564. The van der Waals surface area contributed by atoms with Gasteiger partial charge in [0.2, 0.25) is 5.88 Å². The molecule has 0 atom stereocenters. The summed E-state index contributed by atoms with van der Waals surface area (Å²) in [6, 6.07) is 9.56. The van der Waals surface area contributed by atoms with Crippen LogP contribution >= 0.6 is 0 Å². The summed E-state index contributed by atoms with van der Waals surface area (Å²) in [7, 11) is 0. The first-order chi connectivity index (χ1) is 8.61. The molecule has 0 fully saturated rings. The van der Waals surface area contributed by atoms with Gasteiger partial charge in [-0.25, -0.2) is 4.98 Å². The molecule has 94 valence electrons. The average Bonchev–Trinajstić information content (AvgIpc) is 2.35. The average molecular weight is 243 g/mol. The second-order valence-electron chi connectivity index (χ2n) is 4.35. The molecule has 18 heavy (non-hydrogen) atoms. The first kappa shape index (κ1) is 12.6. The monoisotopic (exact) mass is 243 g/mol. The number of ether oxygens (including phenoxy) is 1. The lowest BCUT2D eigenvalue weighted by atomic mass is 10.1. The van der Waals surface area contributed by atoms with E-state index in [1.807, 2.05) is 32.0 Å². The van der Waals surface area contributed by atoms with Crippen molar-refractivity contribution in [3.8, 4) is 11.6 Å². The number of aromatic nitrogens is 1. The van der Waals surface area contributed by atoms with Crippen molar-refractivity contribution in [1.82, 2.24) is 4.98 Å². The summed E-state index contributed by atoms with van der Waals surface area (Å²) < 4.78 is 5.78. The molecular weight excluding hydrogens is 226 g/mol. The molecule has 3 nitrogen and oxygen atoms in total. The van der Waals surface area contributed by atoms with Gasteiger partial charge in [0.1, 0.15) is 5.75 Å². The van der Waals surface area contributed by atoms with E-state index in [0.717, 1.165) is 22.6 Å². The van der Waals surface area contributed by atoms with Crippen LogP contribution in [0.25, 0.3) is 0 Å². The van der Waals surface area contributed by atoms with Crippen molar-refractivity contribution < 1.29 is 9.84 Å². The highest BCUT2D eigenvalue weighted by Crippen LogP contribution is 2.26. The standard InChI is InChI=1S/C15H17NO2/c1-10-5-4-6-14(11(10)2)18-15-8-7-13(9-17)12(3)16-15/h4-8,17H,9H2,1-3H3. The maximum Gasteiger partial charge on any atom is 0.219 e. The van der Waals surface area contributed by atoms with Crippen LogP contribution < -0.4 is 4.74 Å². The Hall–Kier alpha value is -1.87. The number of nitrogens with zero attached hydrogens (tertiary/aromatic N) is 1. The van der Waals surface area contributed by atoms with E-state index in [1.165, 1.54) is 5.56 Å². The molecule has 0 aliphatic carbocycles. The lowest BCUT2D eigenvalue weighted by Crippen LogP contribution is -1.96. The molecule has 2 rings (SSSR count). The lowest BCUT2D eigenvalue weighted by molar-refractivity contribution is 0.280. The zero-order valence-corrected chi connectivity index (χ0v) is 10.9. The zero-order valence-electron chi connectivity index (χ0n) is 10.9. The third-order valence-corrected chi connectivity index (χ3v) is 3.11. The normalized spacial score (nSPS) is 10.4. The van der Waals surface area contributed by atoms with E-state index in [-0.39, 0.29) is 6.61 Å². The van der Waals surface area contributed by atoms with E-state index in [0.29, 0.717) is 5.88 Å². The highest BCUT2D eigenvalue weighted by atomic mass is 16.5. The predicted molar refractivity (Wildman–Crippen MR) is 70.9 cm³/mol. The smallest absolute Gasteiger partial charge is 0.219 e. The second-order valence-corrected chi connectivity index (χ2v) is 4.35. The highest BCUT2D eigenvalue weighted by molar-refractivity contribution is 5.40. The summed E-state index contributed by atoms with van der Waals surface area (Å²) in [5.41, 5.74) is 3.92. The Morgan fingerprint density at radius 1 is 1.11 bits per heavy atom. The number of aliphatic hydroxyl groups is 1. The van der Waals surface area contributed by atoms with Gasteiger partial charge in [0, 0.05) is 11.8 Å². The number of aliphatic hydroxyl groups excluding tert-OH is 1. The van der Waals surface area contributed by atoms with Crippen LogP contribution in [0.1, 0.15) is 22.4 Å². The first-order valence-corrected chi connectivity index (χ1v) is 5.93. The molecule has 1 aromatic carbocycles. The molecule has 0 saturated carbocycles. The molecule has 0 saturated heterocycles. The van der Waals surface area contributed by atoms with Crippen molar-refractivity contribution in [3.05, 3.63) is 52.7 Å². The molecular formula is C15H17NO2. The van der Waals surface area contributed by atoms with Gasteiger partial charge >= 0.3 is 0 Å². The van der Waals surface area contributed by atoms with Crippen molar-refractivity contribution in [2.75, 3.05) is 0 Å². The first-order valence-electron chi connectivity index (χ1n) is 5.93. The van der Waals surface area contributed by atoms with Crippen LogP contribution in [0.4, 0.5) is 0 Å². The van der Waals surface area contributed by atoms with Gasteiger partial charge in [-0.1, -0.05) is 12.1 Å². The molecule has 2 aromatic rings. The van der Waals surface area contributed by atoms with Crippen molar-refractivity contribution in [2.45, 2.75) is 27.4 Å². The van der Waals surface area contributed by atoms with E-state index < -0.39 is 0 Å². The zero-order chi connectivity index (χ0) is 13.1. The van der Waals surface area contributed by atoms with Gasteiger partial charge in [0.15, 0.2) is 0 Å². The highest BCUT2D eigenvalue weighted by Gasteiger charge is 2.06. The van der Waals surface area contributed by atoms with Crippen molar-refractivity contribution in [2.24, 2.45) is 0 Å².